The fourth-order valence-electron chi connectivity index (χ4n) is 6.26. The normalized spacial score (nSPS) is 23.0. The standard InChI is InChI=1S/C29H35ClFN5O5/c1-29(2,3)41-28(39)35-12-13-36-18(15-35)16-40-25-22(27(36)38)26(34-11-10-33-9-5-6-17(33)14-34)32-24(23(25)30)21-19(31)7-4-8-20(21)37/h4,7-8,17-18,37H,5-6,9-16H2,1-3H3/t17-,18+/m0/s1. The first-order valence-corrected chi connectivity index (χ1v) is 14.5. The highest BCUT2D eigenvalue weighted by Crippen LogP contribution is 2.46. The second kappa shape index (κ2) is 10.5. The molecule has 2 aromatic rings. The molecule has 3 saturated heterocycles. The van der Waals surface area contributed by atoms with E-state index in [1.807, 2.05) is 20.8 Å². The van der Waals surface area contributed by atoms with Crippen LogP contribution in [0.3, 0.4) is 0 Å². The summed E-state index contributed by atoms with van der Waals surface area (Å²) in [5.74, 6) is -0.804. The molecule has 0 radical (unpaired) electrons. The Balaban J connectivity index is 1.41. The monoisotopic (exact) mass is 587 g/mol. The Morgan fingerprint density at radius 2 is 1.93 bits per heavy atom. The number of benzene rings is 1. The number of anilines is 1. The van der Waals surface area contributed by atoms with Crippen molar-refractivity contribution >= 4 is 29.4 Å². The molecule has 5 heterocycles. The SMILES string of the molecule is CC(C)(C)OC(=O)N1CCN2C(=O)c3c(N4CCN5CCC[C@H]5C4)nc(-c4c(O)cccc4F)c(Cl)c3OC[C@H]2C1. The van der Waals surface area contributed by atoms with Crippen molar-refractivity contribution in [2.24, 2.45) is 0 Å². The third kappa shape index (κ3) is 5.14. The third-order valence-electron chi connectivity index (χ3n) is 8.22. The molecular formula is C29H35ClFN5O5. The minimum atomic E-state index is -0.684. The largest absolute Gasteiger partial charge is 0.507 e. The van der Waals surface area contributed by atoms with Gasteiger partial charge >= 0.3 is 6.09 Å². The number of nitrogens with zero attached hydrogens (tertiary/aromatic N) is 5. The van der Waals surface area contributed by atoms with E-state index in [2.05, 4.69) is 9.80 Å². The van der Waals surface area contributed by atoms with Gasteiger partial charge in [-0.2, -0.15) is 0 Å². The summed E-state index contributed by atoms with van der Waals surface area (Å²) in [5.41, 5.74) is -0.538. The summed E-state index contributed by atoms with van der Waals surface area (Å²) in [6, 6.07) is 3.88. The first kappa shape index (κ1) is 27.8. The van der Waals surface area contributed by atoms with E-state index >= 15 is 4.39 Å². The van der Waals surface area contributed by atoms with E-state index in [0.717, 1.165) is 25.9 Å². The number of hydrogen-bond acceptors (Lipinski definition) is 8. The second-order valence-electron chi connectivity index (χ2n) is 12.1. The summed E-state index contributed by atoms with van der Waals surface area (Å²) in [6.45, 7) is 9.48. The molecule has 1 aromatic carbocycles. The van der Waals surface area contributed by atoms with Crippen molar-refractivity contribution < 1.29 is 28.6 Å². The van der Waals surface area contributed by atoms with E-state index in [-0.39, 0.29) is 58.9 Å². The van der Waals surface area contributed by atoms with Crippen molar-refractivity contribution in [1.82, 2.24) is 19.7 Å². The van der Waals surface area contributed by atoms with Gasteiger partial charge in [-0.3, -0.25) is 9.69 Å². The number of phenolic OH excluding ortho intramolecular Hbond substituents is 1. The number of phenols is 1. The molecule has 0 spiro atoms. The Bertz CT molecular complexity index is 1360. The third-order valence-corrected chi connectivity index (χ3v) is 8.57. The van der Waals surface area contributed by atoms with Gasteiger partial charge in [-0.05, 0) is 52.3 Å². The van der Waals surface area contributed by atoms with Crippen LogP contribution < -0.4 is 9.64 Å². The molecule has 10 nitrogen and oxygen atoms in total. The lowest BCUT2D eigenvalue weighted by atomic mass is 10.0. The highest BCUT2D eigenvalue weighted by molar-refractivity contribution is 6.35. The fraction of sp³-hybridized carbons (Fsp3) is 0.552. The van der Waals surface area contributed by atoms with Gasteiger partial charge in [-0.15, -0.1) is 0 Å². The van der Waals surface area contributed by atoms with Gasteiger partial charge in [0.05, 0.1) is 11.6 Å². The molecule has 2 amide bonds. The minimum Gasteiger partial charge on any atom is -0.507 e. The minimum absolute atomic E-state index is 0.0212. The quantitative estimate of drug-likeness (QED) is 0.563. The summed E-state index contributed by atoms with van der Waals surface area (Å²) >= 11 is 6.84. The van der Waals surface area contributed by atoms with Crippen LogP contribution in [-0.2, 0) is 4.74 Å². The van der Waals surface area contributed by atoms with Crippen LogP contribution >= 0.6 is 11.6 Å². The Morgan fingerprint density at radius 1 is 1.12 bits per heavy atom. The van der Waals surface area contributed by atoms with E-state index < -0.39 is 23.6 Å². The zero-order valence-corrected chi connectivity index (χ0v) is 24.3. The molecule has 12 heteroatoms. The molecule has 0 saturated carbocycles. The lowest BCUT2D eigenvalue weighted by Crippen LogP contribution is -2.58. The van der Waals surface area contributed by atoms with E-state index in [1.165, 1.54) is 18.2 Å². The van der Waals surface area contributed by atoms with Crippen LogP contribution in [0.1, 0.15) is 44.0 Å². The maximum Gasteiger partial charge on any atom is 0.410 e. The van der Waals surface area contributed by atoms with Crippen molar-refractivity contribution in [2.45, 2.75) is 51.3 Å². The van der Waals surface area contributed by atoms with Crippen molar-refractivity contribution in [3.63, 3.8) is 0 Å². The number of halogens is 2. The number of amides is 2. The van der Waals surface area contributed by atoms with Crippen molar-refractivity contribution in [2.75, 3.05) is 57.3 Å². The van der Waals surface area contributed by atoms with Crippen molar-refractivity contribution in [1.29, 1.82) is 0 Å². The molecule has 4 aliphatic rings. The zero-order chi connectivity index (χ0) is 29.1. The summed E-state index contributed by atoms with van der Waals surface area (Å²) in [4.78, 5) is 39.6. The van der Waals surface area contributed by atoms with Gasteiger partial charge in [0.1, 0.15) is 45.9 Å². The van der Waals surface area contributed by atoms with Gasteiger partial charge < -0.3 is 29.3 Å². The molecule has 2 atom stereocenters. The average Bonchev–Trinajstić information content (AvgIpc) is 3.33. The lowest BCUT2D eigenvalue weighted by Gasteiger charge is -2.41. The number of carbonyl (C=O) groups excluding carboxylic acids is 2. The topological polar surface area (TPSA) is 98.7 Å². The van der Waals surface area contributed by atoms with Crippen molar-refractivity contribution in [3.8, 4) is 22.8 Å². The average molecular weight is 588 g/mol. The number of aromatic nitrogens is 1. The summed E-state index contributed by atoms with van der Waals surface area (Å²) in [7, 11) is 0. The van der Waals surface area contributed by atoms with Crippen LogP contribution in [0.2, 0.25) is 5.02 Å². The van der Waals surface area contributed by atoms with Crippen LogP contribution in [-0.4, -0.2) is 107 Å². The zero-order valence-electron chi connectivity index (χ0n) is 23.5. The maximum atomic E-state index is 15.1. The number of pyridine rings is 1. The Kier molecular flexibility index (Phi) is 7.14. The molecule has 6 rings (SSSR count). The van der Waals surface area contributed by atoms with Gasteiger partial charge in [-0.1, -0.05) is 17.7 Å². The highest BCUT2D eigenvalue weighted by Gasteiger charge is 2.43. The predicted octanol–water partition coefficient (Wildman–Crippen LogP) is 3.99. The number of rotatable bonds is 2. The Labute approximate surface area is 243 Å². The highest BCUT2D eigenvalue weighted by atomic mass is 35.5. The molecule has 0 unspecified atom stereocenters. The maximum absolute atomic E-state index is 15.1. The van der Waals surface area contributed by atoms with Gasteiger partial charge in [-0.25, -0.2) is 14.2 Å². The number of fused-ring (bicyclic) bond motifs is 3. The fourth-order valence-corrected chi connectivity index (χ4v) is 6.55. The van der Waals surface area contributed by atoms with Crippen LogP contribution in [0.4, 0.5) is 15.0 Å². The molecule has 3 fully saturated rings. The number of carbonyl (C=O) groups is 2. The van der Waals surface area contributed by atoms with Gasteiger partial charge in [0.2, 0.25) is 0 Å². The lowest BCUT2D eigenvalue weighted by molar-refractivity contribution is 0.000954. The number of ether oxygens (including phenoxy) is 2. The van der Waals surface area contributed by atoms with Crippen LogP contribution in [0.25, 0.3) is 11.3 Å². The summed E-state index contributed by atoms with van der Waals surface area (Å²) < 4.78 is 26.9. The van der Waals surface area contributed by atoms with E-state index in [1.54, 1.807) is 9.80 Å². The van der Waals surface area contributed by atoms with Crippen molar-refractivity contribution in [3.05, 3.63) is 34.6 Å². The van der Waals surface area contributed by atoms with Gasteiger partial charge in [0, 0.05) is 45.3 Å². The van der Waals surface area contributed by atoms with Crippen LogP contribution in [0.15, 0.2) is 18.2 Å². The van der Waals surface area contributed by atoms with Crippen LogP contribution in [0, 0.1) is 5.82 Å². The molecule has 0 bridgehead atoms. The van der Waals surface area contributed by atoms with Gasteiger partial charge in [0.25, 0.3) is 5.91 Å². The first-order chi connectivity index (χ1) is 19.5. The molecule has 1 aromatic heterocycles. The van der Waals surface area contributed by atoms with E-state index in [4.69, 9.17) is 26.1 Å². The first-order valence-electron chi connectivity index (χ1n) is 14.1. The molecular weight excluding hydrogens is 553 g/mol. The predicted molar refractivity (Wildman–Crippen MR) is 151 cm³/mol. The summed E-state index contributed by atoms with van der Waals surface area (Å²) in [6.07, 6.45) is 1.72. The Hall–Kier alpha value is -3.31. The van der Waals surface area contributed by atoms with E-state index in [0.29, 0.717) is 31.5 Å². The smallest absolute Gasteiger partial charge is 0.410 e. The Morgan fingerprint density at radius 3 is 2.68 bits per heavy atom. The molecule has 4 aliphatic heterocycles. The number of piperazine rings is 2. The van der Waals surface area contributed by atoms with E-state index in [9.17, 15) is 14.7 Å². The second-order valence-corrected chi connectivity index (χ2v) is 12.5. The van der Waals surface area contributed by atoms with Crippen LogP contribution in [0.5, 0.6) is 11.5 Å². The molecule has 220 valence electrons. The number of hydrogen-bond donors (Lipinski definition) is 1. The molecule has 41 heavy (non-hydrogen) atoms. The van der Waals surface area contributed by atoms with Gasteiger partial charge in [0.15, 0.2) is 5.75 Å². The summed E-state index contributed by atoms with van der Waals surface area (Å²) in [5, 5.41) is 10.6. The number of aromatic hydroxyl groups is 1. The molecule has 0 aliphatic carbocycles. The molecule has 1 N–H and O–H groups in total.